The van der Waals surface area contributed by atoms with E-state index in [1.807, 2.05) is 6.92 Å². The molecule has 4 N–H and O–H groups in total. The van der Waals surface area contributed by atoms with Gasteiger partial charge in [-0.15, -0.1) is 0 Å². The van der Waals surface area contributed by atoms with Crippen molar-refractivity contribution >= 4 is 28.1 Å². The minimum Gasteiger partial charge on any atom is -0.492 e. The number of aryl methyl sites for hydroxylation is 1. The van der Waals surface area contributed by atoms with Crippen LogP contribution in [-0.2, 0) is 4.74 Å². The number of methoxy groups -OCH3 is 1. The summed E-state index contributed by atoms with van der Waals surface area (Å²) in [5, 5.41) is 24.7. The molecule has 2 aromatic carbocycles. The van der Waals surface area contributed by atoms with Gasteiger partial charge in [0.1, 0.15) is 39.5 Å². The van der Waals surface area contributed by atoms with Crippen LogP contribution in [0.4, 0.5) is 19.5 Å². The van der Waals surface area contributed by atoms with Crippen LogP contribution in [0.2, 0.25) is 0 Å². The molecule has 10 heteroatoms. The van der Waals surface area contributed by atoms with Gasteiger partial charge in [-0.1, -0.05) is 0 Å². The van der Waals surface area contributed by atoms with Crippen molar-refractivity contribution in [2.24, 2.45) is 0 Å². The fraction of sp³-hybridized carbons (Fsp3) is 0.200. The van der Waals surface area contributed by atoms with Crippen molar-refractivity contribution in [3.63, 3.8) is 0 Å². The second-order valence-corrected chi connectivity index (χ2v) is 7.09. The Balaban J connectivity index is 1.76. The lowest BCUT2D eigenvalue weighted by Crippen LogP contribution is -2.27. The molecule has 0 unspecified atom stereocenters. The highest BCUT2D eigenvalue weighted by Crippen LogP contribution is 2.34. The zero-order valence-corrected chi connectivity index (χ0v) is 17.1. The van der Waals surface area contributed by atoms with Crippen LogP contribution in [0.15, 0.2) is 36.4 Å². The van der Waals surface area contributed by atoms with Crippen LogP contribution < -0.4 is 15.4 Å². The number of halogens is 2. The molecule has 3 rings (SSSR count). The van der Waals surface area contributed by atoms with Crippen LogP contribution in [-0.4, -0.2) is 35.6 Å². The van der Waals surface area contributed by atoms with E-state index in [0.29, 0.717) is 29.6 Å². The van der Waals surface area contributed by atoms with E-state index in [1.165, 1.54) is 0 Å². The first kappa shape index (κ1) is 21.5. The fourth-order valence-corrected chi connectivity index (χ4v) is 3.35. The van der Waals surface area contributed by atoms with Crippen molar-refractivity contribution in [2.75, 3.05) is 25.6 Å². The van der Waals surface area contributed by atoms with Gasteiger partial charge in [-0.3, -0.25) is 5.41 Å². The largest absolute Gasteiger partial charge is 0.492 e. The molecule has 7 nitrogen and oxygen atoms in total. The molecule has 0 saturated heterocycles. The number of anilines is 2. The third-order valence-corrected chi connectivity index (χ3v) is 4.80. The van der Waals surface area contributed by atoms with E-state index in [1.54, 1.807) is 25.3 Å². The van der Waals surface area contributed by atoms with Gasteiger partial charge in [0.25, 0.3) is 0 Å². The highest BCUT2D eigenvalue weighted by molar-refractivity contribution is 7.11. The van der Waals surface area contributed by atoms with Crippen molar-refractivity contribution in [3.8, 4) is 17.4 Å². The van der Waals surface area contributed by atoms with Crippen molar-refractivity contribution in [1.29, 1.82) is 5.41 Å². The Kier molecular flexibility index (Phi) is 6.80. The summed E-state index contributed by atoms with van der Waals surface area (Å²) < 4.78 is 41.1. The summed E-state index contributed by atoms with van der Waals surface area (Å²) in [7, 11) is 1.56. The Morgan fingerprint density at radius 1 is 1.17 bits per heavy atom. The maximum absolute atomic E-state index is 13.3. The lowest BCUT2D eigenvalue weighted by atomic mass is 10.2. The van der Waals surface area contributed by atoms with Crippen LogP contribution in [0.25, 0.3) is 0 Å². The Morgan fingerprint density at radius 2 is 1.90 bits per heavy atom. The van der Waals surface area contributed by atoms with Gasteiger partial charge in [0.05, 0.1) is 6.61 Å². The molecule has 0 spiro atoms. The molecule has 0 fully saturated rings. The van der Waals surface area contributed by atoms with Crippen LogP contribution in [0.5, 0.6) is 17.4 Å². The van der Waals surface area contributed by atoms with Crippen LogP contribution in [0, 0.1) is 24.0 Å². The summed E-state index contributed by atoms with van der Waals surface area (Å²) in [5.41, 5.74) is 1.73. The number of hydrogen-bond donors (Lipinski definition) is 4. The molecule has 30 heavy (non-hydrogen) atoms. The first-order chi connectivity index (χ1) is 14.4. The molecule has 1 aromatic heterocycles. The molecule has 0 aliphatic carbocycles. The van der Waals surface area contributed by atoms with Gasteiger partial charge in [-0.25, -0.2) is 8.78 Å². The molecule has 3 aromatic rings. The SMILES string of the molecule is COCCNC(=N)c1c(O)nsc1Nc1ccc(Oc2cc(F)cc(F)c2)cc1C. The molecule has 0 radical (unpaired) electrons. The van der Waals surface area contributed by atoms with Gasteiger partial charge in [-0.2, -0.15) is 4.37 Å². The highest BCUT2D eigenvalue weighted by Gasteiger charge is 2.18. The lowest BCUT2D eigenvalue weighted by Gasteiger charge is -2.13. The van der Waals surface area contributed by atoms with E-state index in [2.05, 4.69) is 15.0 Å². The molecule has 0 saturated carbocycles. The minimum atomic E-state index is -0.723. The van der Waals surface area contributed by atoms with Gasteiger partial charge in [0.15, 0.2) is 0 Å². The second-order valence-electron chi connectivity index (χ2n) is 6.31. The molecule has 158 valence electrons. The topological polar surface area (TPSA) is 99.5 Å². The van der Waals surface area contributed by atoms with E-state index in [-0.39, 0.29) is 23.0 Å². The van der Waals surface area contributed by atoms with Gasteiger partial charge in [-0.05, 0) is 42.2 Å². The predicted molar refractivity (Wildman–Crippen MR) is 111 cm³/mol. The van der Waals surface area contributed by atoms with E-state index >= 15 is 0 Å². The quantitative estimate of drug-likeness (QED) is 0.236. The highest BCUT2D eigenvalue weighted by atomic mass is 32.1. The minimum absolute atomic E-state index is 0.0199. The van der Waals surface area contributed by atoms with Crippen molar-refractivity contribution < 1.29 is 23.4 Å². The standard InChI is InChI=1S/C20H20F2N4O3S/c1-11-7-14(29-15-9-12(21)8-13(22)10-15)3-4-16(11)25-20-17(19(27)26-30-20)18(23)24-5-6-28-2/h3-4,7-10,25H,5-6H2,1-2H3,(H2,23,24)(H,26,27). The molecular weight excluding hydrogens is 414 g/mol. The number of aromatic hydroxyl groups is 1. The monoisotopic (exact) mass is 434 g/mol. The maximum atomic E-state index is 13.3. The second kappa shape index (κ2) is 9.51. The van der Waals surface area contributed by atoms with Crippen molar-refractivity contribution in [3.05, 3.63) is 59.2 Å². The third kappa shape index (κ3) is 5.22. The predicted octanol–water partition coefficient (Wildman–Crippen LogP) is 4.53. The van der Waals surface area contributed by atoms with Gasteiger partial charge < -0.3 is 25.2 Å². The molecule has 0 aliphatic heterocycles. The van der Waals surface area contributed by atoms with Gasteiger partial charge in [0, 0.05) is 37.5 Å². The number of benzene rings is 2. The van der Waals surface area contributed by atoms with E-state index in [0.717, 1.165) is 35.3 Å². The Labute approximate surface area is 176 Å². The summed E-state index contributed by atoms with van der Waals surface area (Å²) in [6, 6.07) is 8.03. The number of hydrogen-bond acceptors (Lipinski definition) is 7. The molecular formula is C20H20F2N4O3S. The average Bonchev–Trinajstić information content (AvgIpc) is 3.03. The molecule has 0 aliphatic rings. The first-order valence-electron chi connectivity index (χ1n) is 8.89. The summed E-state index contributed by atoms with van der Waals surface area (Å²) >= 11 is 1.02. The Bertz CT molecular complexity index is 1040. The number of nitrogens with one attached hydrogen (secondary N) is 3. The fourth-order valence-electron chi connectivity index (χ4n) is 2.64. The van der Waals surface area contributed by atoms with E-state index < -0.39 is 11.6 Å². The van der Waals surface area contributed by atoms with Crippen LogP contribution >= 0.6 is 11.5 Å². The summed E-state index contributed by atoms with van der Waals surface area (Å²) in [4.78, 5) is 0. The van der Waals surface area contributed by atoms with Crippen molar-refractivity contribution in [2.45, 2.75) is 6.92 Å². The average molecular weight is 434 g/mol. The number of amidine groups is 1. The number of ether oxygens (including phenoxy) is 2. The van der Waals surface area contributed by atoms with E-state index in [4.69, 9.17) is 14.9 Å². The third-order valence-electron chi connectivity index (χ3n) is 4.05. The van der Waals surface area contributed by atoms with Gasteiger partial charge in [0.2, 0.25) is 5.88 Å². The maximum Gasteiger partial charge on any atom is 0.236 e. The summed E-state index contributed by atoms with van der Waals surface area (Å²) in [6.45, 7) is 2.65. The lowest BCUT2D eigenvalue weighted by molar-refractivity contribution is 0.204. The Morgan fingerprint density at radius 3 is 2.57 bits per heavy atom. The molecule has 1 heterocycles. The summed E-state index contributed by atoms with van der Waals surface area (Å²) in [5.74, 6) is -1.21. The molecule has 0 atom stereocenters. The smallest absolute Gasteiger partial charge is 0.236 e. The van der Waals surface area contributed by atoms with Crippen LogP contribution in [0.1, 0.15) is 11.1 Å². The Hall–Kier alpha value is -3.24. The number of nitrogens with zero attached hydrogens (tertiary/aromatic N) is 1. The summed E-state index contributed by atoms with van der Waals surface area (Å²) in [6.07, 6.45) is 0. The number of rotatable bonds is 8. The van der Waals surface area contributed by atoms with Crippen molar-refractivity contribution in [1.82, 2.24) is 9.69 Å². The zero-order chi connectivity index (χ0) is 21.7. The molecule has 0 amide bonds. The van der Waals surface area contributed by atoms with Gasteiger partial charge >= 0.3 is 0 Å². The first-order valence-corrected chi connectivity index (χ1v) is 9.66. The van der Waals surface area contributed by atoms with E-state index in [9.17, 15) is 13.9 Å². The number of aromatic nitrogens is 1. The zero-order valence-electron chi connectivity index (χ0n) is 16.3. The van der Waals surface area contributed by atoms with Crippen LogP contribution in [0.3, 0.4) is 0 Å². The normalized spacial score (nSPS) is 10.7. The molecule has 0 bridgehead atoms.